The van der Waals surface area contributed by atoms with Crippen LogP contribution >= 0.6 is 0 Å². The van der Waals surface area contributed by atoms with Gasteiger partial charge in [0.15, 0.2) is 0 Å². The van der Waals surface area contributed by atoms with Crippen LogP contribution in [0.25, 0.3) is 0 Å². The van der Waals surface area contributed by atoms with Crippen molar-refractivity contribution in [1.82, 2.24) is 5.32 Å². The lowest BCUT2D eigenvalue weighted by molar-refractivity contribution is -0.130. The maximum atomic E-state index is 13.0. The molecule has 0 fully saturated rings. The molecular weight excluding hydrogens is 209 g/mol. The Kier molecular flexibility index (Phi) is 3.65. The number of aliphatic hydroxyl groups excluding tert-OH is 1. The van der Waals surface area contributed by atoms with Crippen molar-refractivity contribution in [2.75, 3.05) is 0 Å². The van der Waals surface area contributed by atoms with Crippen molar-refractivity contribution in [3.05, 3.63) is 35.6 Å². The van der Waals surface area contributed by atoms with Gasteiger partial charge in [0, 0.05) is 0 Å². The molecule has 0 aliphatic carbocycles. The minimum absolute atomic E-state index is 0.350. The number of aliphatic hydroxyl groups is 1. The Labute approximate surface area is 94.3 Å². The Morgan fingerprint density at radius 2 is 2.12 bits per heavy atom. The average Bonchev–Trinajstić information content (AvgIpc) is 2.17. The fourth-order valence-corrected chi connectivity index (χ4v) is 1.36. The normalized spacial score (nSPS) is 13.3. The Morgan fingerprint density at radius 3 is 2.62 bits per heavy atom. The smallest absolute Gasteiger partial charge is 0.249 e. The zero-order valence-electron chi connectivity index (χ0n) is 9.62. The van der Waals surface area contributed by atoms with Gasteiger partial charge < -0.3 is 10.4 Å². The lowest BCUT2D eigenvalue weighted by Gasteiger charge is -2.27. The summed E-state index contributed by atoms with van der Waals surface area (Å²) in [6.45, 7) is 4.89. The van der Waals surface area contributed by atoms with Crippen LogP contribution in [0.5, 0.6) is 0 Å². The highest BCUT2D eigenvalue weighted by atomic mass is 19.1. The molecule has 1 amide bonds. The van der Waals surface area contributed by atoms with Crippen LogP contribution in [0.1, 0.15) is 26.3 Å². The molecule has 3 nitrogen and oxygen atoms in total. The van der Waals surface area contributed by atoms with Gasteiger partial charge in [-0.3, -0.25) is 4.79 Å². The minimum atomic E-state index is -1.08. The molecule has 2 N–H and O–H groups in total. The molecule has 0 saturated heterocycles. The highest BCUT2D eigenvalue weighted by Crippen LogP contribution is 2.20. The molecule has 0 bridgehead atoms. The second-order valence-electron chi connectivity index (χ2n) is 4.30. The van der Waals surface area contributed by atoms with E-state index in [1.165, 1.54) is 19.1 Å². The Bertz CT molecular complexity index is 388. The lowest BCUT2D eigenvalue weighted by atomic mass is 9.94. The first-order valence-electron chi connectivity index (χ1n) is 5.09. The summed E-state index contributed by atoms with van der Waals surface area (Å²) in [7, 11) is 0. The number of carbonyl (C=O) groups excluding carboxylic acids is 1. The summed E-state index contributed by atoms with van der Waals surface area (Å²) in [6.07, 6.45) is -1.08. The molecule has 0 saturated carbocycles. The van der Waals surface area contributed by atoms with Crippen molar-refractivity contribution >= 4 is 5.91 Å². The Morgan fingerprint density at radius 1 is 1.50 bits per heavy atom. The van der Waals surface area contributed by atoms with E-state index in [4.69, 9.17) is 5.11 Å². The number of nitrogens with one attached hydrogen (secondary N) is 1. The quantitative estimate of drug-likeness (QED) is 0.820. The predicted molar refractivity (Wildman–Crippen MR) is 59.2 cm³/mol. The number of rotatable bonds is 3. The maximum absolute atomic E-state index is 13.0. The number of hydrogen-bond acceptors (Lipinski definition) is 2. The molecule has 0 aliphatic heterocycles. The van der Waals surface area contributed by atoms with Gasteiger partial charge in [-0.2, -0.15) is 0 Å². The number of amides is 1. The maximum Gasteiger partial charge on any atom is 0.249 e. The van der Waals surface area contributed by atoms with Gasteiger partial charge in [-0.1, -0.05) is 12.1 Å². The Balaban J connectivity index is 2.89. The van der Waals surface area contributed by atoms with Crippen LogP contribution in [0.3, 0.4) is 0 Å². The van der Waals surface area contributed by atoms with Gasteiger partial charge in [-0.15, -0.1) is 0 Å². The van der Waals surface area contributed by atoms with Crippen LogP contribution in [0.4, 0.5) is 4.39 Å². The molecule has 1 aromatic rings. The monoisotopic (exact) mass is 225 g/mol. The summed E-state index contributed by atoms with van der Waals surface area (Å²) in [5.74, 6) is -0.828. The minimum Gasteiger partial charge on any atom is -0.384 e. The Hall–Kier alpha value is -1.42. The standard InChI is InChI=1S/C12H16FNO2/c1-8(15)11(16)14-12(2,3)9-5-4-6-10(13)7-9/h4-8,15H,1-3H3,(H,14,16). The molecule has 0 aromatic heterocycles. The van der Waals surface area contributed by atoms with Gasteiger partial charge in [0.25, 0.3) is 0 Å². The molecule has 1 rings (SSSR count). The molecule has 0 spiro atoms. The van der Waals surface area contributed by atoms with Crippen LogP contribution in [-0.2, 0) is 10.3 Å². The van der Waals surface area contributed by atoms with E-state index in [0.29, 0.717) is 5.56 Å². The van der Waals surface area contributed by atoms with E-state index in [1.807, 2.05) is 0 Å². The van der Waals surface area contributed by atoms with E-state index < -0.39 is 17.6 Å². The number of hydrogen-bond donors (Lipinski definition) is 2. The van der Waals surface area contributed by atoms with Crippen LogP contribution in [0, 0.1) is 5.82 Å². The van der Waals surface area contributed by atoms with Gasteiger partial charge in [0.05, 0.1) is 5.54 Å². The fourth-order valence-electron chi connectivity index (χ4n) is 1.36. The van der Waals surface area contributed by atoms with Gasteiger partial charge in [-0.25, -0.2) is 4.39 Å². The van der Waals surface area contributed by atoms with Crippen LogP contribution in [0.2, 0.25) is 0 Å². The molecule has 0 aliphatic rings. The van der Waals surface area contributed by atoms with Crippen LogP contribution < -0.4 is 5.32 Å². The van der Waals surface area contributed by atoms with Crippen molar-refractivity contribution in [3.8, 4) is 0 Å². The van der Waals surface area contributed by atoms with Crippen molar-refractivity contribution in [2.45, 2.75) is 32.4 Å². The predicted octanol–water partition coefficient (Wildman–Crippen LogP) is 1.56. The number of benzene rings is 1. The highest BCUT2D eigenvalue weighted by Gasteiger charge is 2.24. The topological polar surface area (TPSA) is 49.3 Å². The van der Waals surface area contributed by atoms with E-state index in [-0.39, 0.29) is 5.82 Å². The zero-order chi connectivity index (χ0) is 12.3. The van der Waals surface area contributed by atoms with Gasteiger partial charge in [0.2, 0.25) is 5.91 Å². The third kappa shape index (κ3) is 3.03. The summed E-state index contributed by atoms with van der Waals surface area (Å²) in [5, 5.41) is 11.7. The number of halogens is 1. The summed E-state index contributed by atoms with van der Waals surface area (Å²) in [4.78, 5) is 11.4. The summed E-state index contributed by atoms with van der Waals surface area (Å²) >= 11 is 0. The third-order valence-electron chi connectivity index (χ3n) is 2.36. The molecular formula is C12H16FNO2. The first-order chi connectivity index (χ1) is 7.33. The first kappa shape index (κ1) is 12.6. The van der Waals surface area contributed by atoms with E-state index in [1.54, 1.807) is 26.0 Å². The van der Waals surface area contributed by atoms with Crippen molar-refractivity contribution in [3.63, 3.8) is 0 Å². The SMILES string of the molecule is CC(O)C(=O)NC(C)(C)c1cccc(F)c1. The summed E-state index contributed by atoms with van der Waals surface area (Å²) in [6, 6.07) is 6.02. The molecule has 1 atom stereocenters. The van der Waals surface area contributed by atoms with Gasteiger partial charge >= 0.3 is 0 Å². The van der Waals surface area contributed by atoms with Crippen molar-refractivity contribution < 1.29 is 14.3 Å². The molecule has 4 heteroatoms. The average molecular weight is 225 g/mol. The van der Waals surface area contributed by atoms with E-state index in [0.717, 1.165) is 0 Å². The molecule has 1 unspecified atom stereocenters. The first-order valence-corrected chi connectivity index (χ1v) is 5.09. The van der Waals surface area contributed by atoms with E-state index >= 15 is 0 Å². The third-order valence-corrected chi connectivity index (χ3v) is 2.36. The second-order valence-corrected chi connectivity index (χ2v) is 4.30. The molecule has 0 heterocycles. The number of carbonyl (C=O) groups is 1. The van der Waals surface area contributed by atoms with Gasteiger partial charge in [-0.05, 0) is 38.5 Å². The van der Waals surface area contributed by atoms with Gasteiger partial charge in [0.1, 0.15) is 11.9 Å². The molecule has 16 heavy (non-hydrogen) atoms. The second kappa shape index (κ2) is 4.61. The van der Waals surface area contributed by atoms with Crippen molar-refractivity contribution in [2.24, 2.45) is 0 Å². The van der Waals surface area contributed by atoms with E-state index in [2.05, 4.69) is 5.32 Å². The van der Waals surface area contributed by atoms with Crippen molar-refractivity contribution in [1.29, 1.82) is 0 Å². The fraction of sp³-hybridized carbons (Fsp3) is 0.417. The zero-order valence-corrected chi connectivity index (χ0v) is 9.62. The highest BCUT2D eigenvalue weighted by molar-refractivity contribution is 5.80. The van der Waals surface area contributed by atoms with Crippen LogP contribution in [0.15, 0.2) is 24.3 Å². The summed E-state index contributed by atoms with van der Waals surface area (Å²) in [5.41, 5.74) is -0.0580. The molecule has 1 aromatic carbocycles. The molecule has 0 radical (unpaired) electrons. The van der Waals surface area contributed by atoms with Crippen LogP contribution in [-0.4, -0.2) is 17.1 Å². The molecule has 88 valence electrons. The van der Waals surface area contributed by atoms with E-state index in [9.17, 15) is 9.18 Å². The lowest BCUT2D eigenvalue weighted by Crippen LogP contribution is -2.45. The summed E-state index contributed by atoms with van der Waals surface area (Å²) < 4.78 is 13.0. The largest absolute Gasteiger partial charge is 0.384 e.